The largest absolute Gasteiger partial charge is 0.342 e. The number of rotatable bonds is 4. The van der Waals surface area contributed by atoms with Gasteiger partial charge in [-0.25, -0.2) is 14.6 Å². The minimum absolute atomic E-state index is 0.0105. The lowest BCUT2D eigenvalue weighted by molar-refractivity contribution is -0.146. The van der Waals surface area contributed by atoms with E-state index in [0.717, 1.165) is 52.7 Å². The fraction of sp³-hybridized carbons (Fsp3) is 0.385. The number of piperazine rings is 1. The van der Waals surface area contributed by atoms with Gasteiger partial charge < -0.3 is 9.80 Å². The molecule has 1 saturated heterocycles. The van der Waals surface area contributed by atoms with Gasteiger partial charge in [-0.05, 0) is 65.4 Å². The Hall–Kier alpha value is -3.40. The van der Waals surface area contributed by atoms with Crippen LogP contribution in [0.1, 0.15) is 25.1 Å². The van der Waals surface area contributed by atoms with Crippen molar-refractivity contribution in [3.63, 3.8) is 0 Å². The van der Waals surface area contributed by atoms with E-state index >= 15 is 0 Å². The van der Waals surface area contributed by atoms with Crippen molar-refractivity contribution in [2.24, 2.45) is 11.8 Å². The van der Waals surface area contributed by atoms with Crippen LogP contribution in [0.25, 0.3) is 27.6 Å². The molecule has 10 heteroatoms. The van der Waals surface area contributed by atoms with E-state index in [1.807, 2.05) is 35.1 Å². The monoisotopic (exact) mass is 547 g/mol. The van der Waals surface area contributed by atoms with Gasteiger partial charge in [0, 0.05) is 50.3 Å². The molecule has 0 N–H and O–H groups in total. The highest BCUT2D eigenvalue weighted by Crippen LogP contribution is 2.35. The molecular weight excluding hydrogens is 522 g/mol. The molecule has 36 heavy (non-hydrogen) atoms. The number of nitrogens with zero attached hydrogens (tertiary/aromatic N) is 7. The van der Waals surface area contributed by atoms with Crippen LogP contribution in [-0.4, -0.2) is 73.0 Å². The lowest BCUT2D eigenvalue weighted by atomic mass is 10.00. The standard InChI is InChI=1S/C26H26BrN7O2/c1-32-9-10-33(15-23(32)35)26(36)18-5-4-16(11-18)12-22-29-14-20-24(27)31-34(25(20)30-22)19-6-7-21-17(13-19)3-2-8-28-21/h2-3,6-8,13-14,16,18H,4-5,9-12,15H2,1H3/t16-,18-/m1/s1. The van der Waals surface area contributed by atoms with E-state index < -0.39 is 0 Å². The summed E-state index contributed by atoms with van der Waals surface area (Å²) in [6.07, 6.45) is 6.93. The zero-order valence-corrected chi connectivity index (χ0v) is 21.6. The minimum atomic E-state index is -0.0270. The molecule has 0 unspecified atom stereocenters. The molecule has 1 aliphatic heterocycles. The normalized spacial score (nSPS) is 20.6. The number of amides is 2. The van der Waals surface area contributed by atoms with Gasteiger partial charge in [-0.2, -0.15) is 5.10 Å². The number of hydrogen-bond acceptors (Lipinski definition) is 6. The molecule has 0 radical (unpaired) electrons. The van der Waals surface area contributed by atoms with Crippen LogP contribution in [0.5, 0.6) is 0 Å². The van der Waals surface area contributed by atoms with E-state index in [1.54, 1.807) is 23.0 Å². The molecule has 1 saturated carbocycles. The summed E-state index contributed by atoms with van der Waals surface area (Å²) in [5.41, 5.74) is 2.58. The Morgan fingerprint density at radius 1 is 1.17 bits per heavy atom. The molecule has 184 valence electrons. The first kappa shape index (κ1) is 23.0. The Kier molecular flexibility index (Phi) is 5.91. The van der Waals surface area contributed by atoms with Crippen LogP contribution in [0.4, 0.5) is 0 Å². The number of halogens is 1. The first-order chi connectivity index (χ1) is 17.5. The summed E-state index contributed by atoms with van der Waals surface area (Å²) >= 11 is 3.55. The Balaban J connectivity index is 1.20. The van der Waals surface area contributed by atoms with Gasteiger partial charge in [0.1, 0.15) is 10.4 Å². The van der Waals surface area contributed by atoms with Crippen LogP contribution in [-0.2, 0) is 16.0 Å². The van der Waals surface area contributed by atoms with Crippen LogP contribution in [0, 0.1) is 11.8 Å². The smallest absolute Gasteiger partial charge is 0.241 e. The van der Waals surface area contributed by atoms with Crippen LogP contribution in [0.3, 0.4) is 0 Å². The maximum Gasteiger partial charge on any atom is 0.241 e. The zero-order chi connectivity index (χ0) is 24.8. The molecule has 9 nitrogen and oxygen atoms in total. The summed E-state index contributed by atoms with van der Waals surface area (Å²) in [6.45, 7) is 1.41. The van der Waals surface area contributed by atoms with Crippen LogP contribution in [0.2, 0.25) is 0 Å². The molecule has 3 aromatic heterocycles. The number of aromatic nitrogens is 5. The summed E-state index contributed by atoms with van der Waals surface area (Å²) in [6, 6.07) is 9.98. The predicted molar refractivity (Wildman–Crippen MR) is 138 cm³/mol. The highest BCUT2D eigenvalue weighted by molar-refractivity contribution is 9.10. The molecule has 2 atom stereocenters. The maximum atomic E-state index is 13.0. The van der Waals surface area contributed by atoms with Gasteiger partial charge in [0.15, 0.2) is 5.65 Å². The third-order valence-corrected chi connectivity index (χ3v) is 7.98. The molecule has 4 heterocycles. The van der Waals surface area contributed by atoms with Crippen molar-refractivity contribution in [2.75, 3.05) is 26.7 Å². The van der Waals surface area contributed by atoms with E-state index in [1.165, 1.54) is 0 Å². The third kappa shape index (κ3) is 4.23. The zero-order valence-electron chi connectivity index (χ0n) is 20.0. The van der Waals surface area contributed by atoms with Crippen molar-refractivity contribution >= 4 is 49.7 Å². The first-order valence-electron chi connectivity index (χ1n) is 12.2. The Morgan fingerprint density at radius 3 is 2.92 bits per heavy atom. The van der Waals surface area contributed by atoms with Crippen molar-refractivity contribution < 1.29 is 9.59 Å². The summed E-state index contributed by atoms with van der Waals surface area (Å²) in [7, 11) is 1.79. The van der Waals surface area contributed by atoms with Crippen molar-refractivity contribution in [3.05, 3.63) is 53.2 Å². The number of pyridine rings is 1. The lowest BCUT2D eigenvalue weighted by Gasteiger charge is -2.33. The molecular formula is C26H26BrN7O2. The van der Waals surface area contributed by atoms with E-state index in [4.69, 9.17) is 4.98 Å². The average molecular weight is 548 g/mol. The van der Waals surface area contributed by atoms with Gasteiger partial charge in [-0.1, -0.05) is 6.07 Å². The summed E-state index contributed by atoms with van der Waals surface area (Å²) in [4.78, 5) is 42.4. The van der Waals surface area contributed by atoms with Gasteiger partial charge in [0.2, 0.25) is 11.8 Å². The number of benzene rings is 1. The van der Waals surface area contributed by atoms with Crippen molar-refractivity contribution in [1.29, 1.82) is 0 Å². The highest BCUT2D eigenvalue weighted by Gasteiger charge is 2.35. The minimum Gasteiger partial charge on any atom is -0.342 e. The summed E-state index contributed by atoms with van der Waals surface area (Å²) in [5, 5.41) is 6.55. The second-order valence-corrected chi connectivity index (χ2v) is 10.5. The molecule has 0 bridgehead atoms. The molecule has 2 amide bonds. The van der Waals surface area contributed by atoms with Gasteiger partial charge in [-0.15, -0.1) is 0 Å². The number of carbonyl (C=O) groups is 2. The van der Waals surface area contributed by atoms with E-state index in [0.29, 0.717) is 30.0 Å². The number of likely N-dealkylation sites (N-methyl/N-ethyl adjacent to an activating group) is 1. The molecule has 4 aromatic rings. The van der Waals surface area contributed by atoms with Gasteiger partial charge in [-0.3, -0.25) is 14.6 Å². The van der Waals surface area contributed by atoms with E-state index in [2.05, 4.69) is 37.1 Å². The molecule has 1 aliphatic carbocycles. The number of fused-ring (bicyclic) bond motifs is 2. The quantitative estimate of drug-likeness (QED) is 0.388. The molecule has 1 aromatic carbocycles. The second kappa shape index (κ2) is 9.24. The second-order valence-electron chi connectivity index (χ2n) is 9.76. The fourth-order valence-corrected chi connectivity index (χ4v) is 5.76. The highest BCUT2D eigenvalue weighted by atomic mass is 79.9. The molecule has 0 spiro atoms. The Bertz CT molecular complexity index is 1490. The average Bonchev–Trinajstić information content (AvgIpc) is 3.49. The third-order valence-electron chi connectivity index (χ3n) is 7.39. The van der Waals surface area contributed by atoms with Gasteiger partial charge >= 0.3 is 0 Å². The van der Waals surface area contributed by atoms with Crippen molar-refractivity contribution in [2.45, 2.75) is 25.7 Å². The Morgan fingerprint density at radius 2 is 2.06 bits per heavy atom. The molecule has 2 aliphatic rings. The summed E-state index contributed by atoms with van der Waals surface area (Å²) in [5.74, 6) is 1.19. The lowest BCUT2D eigenvalue weighted by Crippen LogP contribution is -2.51. The Labute approximate surface area is 216 Å². The molecule has 6 rings (SSSR count). The maximum absolute atomic E-state index is 13.0. The topological polar surface area (TPSA) is 97.1 Å². The van der Waals surface area contributed by atoms with E-state index in [9.17, 15) is 9.59 Å². The van der Waals surface area contributed by atoms with Crippen LogP contribution >= 0.6 is 15.9 Å². The first-order valence-corrected chi connectivity index (χ1v) is 13.0. The molecule has 2 fully saturated rings. The summed E-state index contributed by atoms with van der Waals surface area (Å²) < 4.78 is 2.53. The van der Waals surface area contributed by atoms with Crippen molar-refractivity contribution in [3.8, 4) is 5.69 Å². The van der Waals surface area contributed by atoms with E-state index in [-0.39, 0.29) is 24.3 Å². The van der Waals surface area contributed by atoms with Crippen molar-refractivity contribution in [1.82, 2.24) is 34.5 Å². The SMILES string of the molecule is CN1CCN(C(=O)[C@@H]2CC[C@@H](Cc3ncc4c(Br)nn(-c5ccc6ncccc6c5)c4n3)C2)CC1=O. The number of hydrogen-bond donors (Lipinski definition) is 0. The van der Waals surface area contributed by atoms with Crippen LogP contribution < -0.4 is 0 Å². The number of carbonyl (C=O) groups excluding carboxylic acids is 2. The fourth-order valence-electron chi connectivity index (χ4n) is 5.32. The predicted octanol–water partition coefficient (Wildman–Crippen LogP) is 3.39. The van der Waals surface area contributed by atoms with Gasteiger partial charge in [0.05, 0.1) is 23.1 Å². The van der Waals surface area contributed by atoms with Gasteiger partial charge in [0.25, 0.3) is 0 Å². The van der Waals surface area contributed by atoms with Crippen LogP contribution in [0.15, 0.2) is 47.3 Å².